The third kappa shape index (κ3) is 1.76. The number of nitrogens with zero attached hydrogens (tertiary/aromatic N) is 1. The zero-order valence-corrected chi connectivity index (χ0v) is 12.5. The van der Waals surface area contributed by atoms with Gasteiger partial charge in [-0.25, -0.2) is 0 Å². The van der Waals surface area contributed by atoms with Gasteiger partial charge in [0, 0.05) is 16.2 Å². The Kier molecular flexibility index (Phi) is 2.77. The molecule has 0 bridgehead atoms. The van der Waals surface area contributed by atoms with E-state index in [9.17, 15) is 10.1 Å². The van der Waals surface area contributed by atoms with Crippen LogP contribution < -0.4 is 4.74 Å². The molecule has 0 saturated heterocycles. The van der Waals surface area contributed by atoms with E-state index in [0.29, 0.717) is 5.75 Å². The van der Waals surface area contributed by atoms with Gasteiger partial charge in [-0.15, -0.1) is 11.3 Å². The first kappa shape index (κ1) is 13.0. The van der Waals surface area contributed by atoms with Crippen LogP contribution in [0, 0.1) is 10.1 Å². The molecule has 0 aliphatic rings. The van der Waals surface area contributed by atoms with Gasteiger partial charge in [-0.1, -0.05) is 24.3 Å². The monoisotopic (exact) mass is 309 g/mol. The highest BCUT2D eigenvalue weighted by molar-refractivity contribution is 7.18. The Hall–Kier alpha value is -2.66. The second kappa shape index (κ2) is 4.68. The molecule has 0 aliphatic carbocycles. The van der Waals surface area contributed by atoms with Crippen LogP contribution in [0.3, 0.4) is 0 Å². The number of fused-ring (bicyclic) bond motifs is 5. The Morgan fingerprint density at radius 2 is 1.77 bits per heavy atom. The standard InChI is InChI=1S/C17H11NO3S/c1-21-15-9-13-12(8-14(15)18(19)20)5-3-10-2-4-11-6-7-22-17(11)16(10)13/h2-9H,1H3. The molecule has 0 fully saturated rings. The average molecular weight is 309 g/mol. The first-order valence-electron chi connectivity index (χ1n) is 6.74. The largest absolute Gasteiger partial charge is 0.490 e. The van der Waals surface area contributed by atoms with Crippen LogP contribution in [0.25, 0.3) is 31.6 Å². The van der Waals surface area contributed by atoms with Crippen molar-refractivity contribution in [2.75, 3.05) is 7.11 Å². The van der Waals surface area contributed by atoms with E-state index in [0.717, 1.165) is 21.5 Å². The molecule has 5 heteroatoms. The molecule has 0 N–H and O–H groups in total. The number of methoxy groups -OCH3 is 1. The summed E-state index contributed by atoms with van der Waals surface area (Å²) in [5.41, 5.74) is -0.00676. The van der Waals surface area contributed by atoms with Gasteiger partial charge >= 0.3 is 5.69 Å². The van der Waals surface area contributed by atoms with Crippen molar-refractivity contribution in [2.24, 2.45) is 0 Å². The van der Waals surface area contributed by atoms with E-state index in [4.69, 9.17) is 4.74 Å². The van der Waals surface area contributed by atoms with Crippen LogP contribution in [-0.2, 0) is 0 Å². The molecular formula is C17H11NO3S. The van der Waals surface area contributed by atoms with Crippen molar-refractivity contribution in [3.8, 4) is 5.75 Å². The number of nitro groups is 1. The molecule has 0 unspecified atom stereocenters. The number of benzene rings is 3. The van der Waals surface area contributed by atoms with Crippen molar-refractivity contribution in [2.45, 2.75) is 0 Å². The van der Waals surface area contributed by atoms with Crippen molar-refractivity contribution < 1.29 is 9.66 Å². The zero-order chi connectivity index (χ0) is 15.3. The summed E-state index contributed by atoms with van der Waals surface area (Å²) < 4.78 is 6.41. The first-order chi connectivity index (χ1) is 10.7. The van der Waals surface area contributed by atoms with E-state index in [1.807, 2.05) is 12.1 Å². The molecule has 3 aromatic carbocycles. The van der Waals surface area contributed by atoms with Gasteiger partial charge in [-0.3, -0.25) is 10.1 Å². The number of nitro benzene ring substituents is 1. The first-order valence-corrected chi connectivity index (χ1v) is 7.62. The van der Waals surface area contributed by atoms with Crippen molar-refractivity contribution in [1.29, 1.82) is 0 Å². The van der Waals surface area contributed by atoms with Crippen LogP contribution in [0.2, 0.25) is 0 Å². The maximum Gasteiger partial charge on any atom is 0.311 e. The maximum absolute atomic E-state index is 11.2. The summed E-state index contributed by atoms with van der Waals surface area (Å²) in [6, 6.07) is 13.5. The molecule has 22 heavy (non-hydrogen) atoms. The third-order valence-electron chi connectivity index (χ3n) is 3.91. The van der Waals surface area contributed by atoms with E-state index in [2.05, 4.69) is 23.6 Å². The van der Waals surface area contributed by atoms with Crippen molar-refractivity contribution in [3.63, 3.8) is 0 Å². The van der Waals surface area contributed by atoms with Crippen LogP contribution in [0.15, 0.2) is 47.8 Å². The summed E-state index contributed by atoms with van der Waals surface area (Å²) in [5, 5.41) is 18.5. The van der Waals surface area contributed by atoms with Gasteiger partial charge in [0.25, 0.3) is 0 Å². The van der Waals surface area contributed by atoms with Gasteiger partial charge < -0.3 is 4.74 Å². The summed E-state index contributed by atoms with van der Waals surface area (Å²) in [6.45, 7) is 0. The Balaban J connectivity index is 2.23. The lowest BCUT2D eigenvalue weighted by Crippen LogP contribution is -1.94. The lowest BCUT2D eigenvalue weighted by Gasteiger charge is -2.08. The Morgan fingerprint density at radius 1 is 1.05 bits per heavy atom. The Labute approximate surface area is 129 Å². The zero-order valence-electron chi connectivity index (χ0n) is 11.7. The lowest BCUT2D eigenvalue weighted by atomic mass is 10.00. The van der Waals surface area contributed by atoms with Gasteiger partial charge in [-0.2, -0.15) is 0 Å². The summed E-state index contributed by atoms with van der Waals surface area (Å²) in [6.07, 6.45) is 0. The van der Waals surface area contributed by atoms with Gasteiger partial charge in [0.1, 0.15) is 0 Å². The minimum atomic E-state index is -0.409. The number of hydrogen-bond donors (Lipinski definition) is 0. The van der Waals surface area contributed by atoms with Gasteiger partial charge in [0.05, 0.1) is 12.0 Å². The van der Waals surface area contributed by atoms with Crippen molar-refractivity contribution >= 4 is 48.7 Å². The topological polar surface area (TPSA) is 52.4 Å². The highest BCUT2D eigenvalue weighted by atomic mass is 32.1. The normalized spacial score (nSPS) is 11.3. The van der Waals surface area contributed by atoms with Gasteiger partial charge in [0.15, 0.2) is 5.75 Å². The molecule has 0 radical (unpaired) electrons. The molecule has 0 atom stereocenters. The summed E-state index contributed by atoms with van der Waals surface area (Å²) in [5.74, 6) is 0.290. The number of thiophene rings is 1. The van der Waals surface area contributed by atoms with Crippen LogP contribution in [0.4, 0.5) is 5.69 Å². The third-order valence-corrected chi connectivity index (χ3v) is 4.86. The van der Waals surface area contributed by atoms with Crippen LogP contribution in [0.1, 0.15) is 0 Å². The molecule has 4 nitrogen and oxygen atoms in total. The molecule has 0 amide bonds. The SMILES string of the molecule is COc1cc2c(ccc3ccc4ccsc4c32)cc1[N+](=O)[O-]. The summed E-state index contributed by atoms with van der Waals surface area (Å²) in [4.78, 5) is 10.8. The van der Waals surface area contributed by atoms with E-state index < -0.39 is 4.92 Å². The van der Waals surface area contributed by atoms with Crippen molar-refractivity contribution in [1.82, 2.24) is 0 Å². The second-order valence-electron chi connectivity index (χ2n) is 5.07. The summed E-state index contributed by atoms with van der Waals surface area (Å²) >= 11 is 1.68. The van der Waals surface area contributed by atoms with Gasteiger partial charge in [-0.05, 0) is 39.1 Å². The van der Waals surface area contributed by atoms with Crippen molar-refractivity contribution in [3.05, 3.63) is 58.0 Å². The fourth-order valence-electron chi connectivity index (χ4n) is 2.89. The van der Waals surface area contributed by atoms with Crippen LogP contribution in [-0.4, -0.2) is 12.0 Å². The molecule has 1 heterocycles. The summed E-state index contributed by atoms with van der Waals surface area (Å²) in [7, 11) is 1.46. The Bertz CT molecular complexity index is 1050. The minimum Gasteiger partial charge on any atom is -0.490 e. The molecule has 4 aromatic rings. The molecule has 0 saturated carbocycles. The average Bonchev–Trinajstić information content (AvgIpc) is 3.01. The van der Waals surface area contributed by atoms with Crippen LogP contribution >= 0.6 is 11.3 Å². The van der Waals surface area contributed by atoms with E-state index in [1.54, 1.807) is 23.5 Å². The van der Waals surface area contributed by atoms with E-state index in [1.165, 1.54) is 17.2 Å². The smallest absolute Gasteiger partial charge is 0.311 e. The molecular weight excluding hydrogens is 298 g/mol. The fourth-order valence-corrected chi connectivity index (χ4v) is 3.86. The highest BCUT2D eigenvalue weighted by Crippen LogP contribution is 2.39. The maximum atomic E-state index is 11.2. The fraction of sp³-hybridized carbons (Fsp3) is 0.0588. The number of ether oxygens (including phenoxy) is 1. The van der Waals surface area contributed by atoms with Gasteiger partial charge in [0.2, 0.25) is 0 Å². The predicted octanol–water partition coefficient (Wildman–Crippen LogP) is 5.12. The minimum absolute atomic E-state index is 0.00676. The predicted molar refractivity (Wildman–Crippen MR) is 90.0 cm³/mol. The Morgan fingerprint density at radius 3 is 2.50 bits per heavy atom. The molecule has 0 spiro atoms. The number of rotatable bonds is 2. The van der Waals surface area contributed by atoms with E-state index >= 15 is 0 Å². The molecule has 0 aliphatic heterocycles. The highest BCUT2D eigenvalue weighted by Gasteiger charge is 2.17. The molecule has 4 rings (SSSR count). The lowest BCUT2D eigenvalue weighted by molar-refractivity contribution is -0.385. The van der Waals surface area contributed by atoms with Crippen LogP contribution in [0.5, 0.6) is 5.75 Å². The molecule has 108 valence electrons. The van der Waals surface area contributed by atoms with E-state index in [-0.39, 0.29) is 5.69 Å². The second-order valence-corrected chi connectivity index (χ2v) is 5.99. The number of hydrogen-bond acceptors (Lipinski definition) is 4. The quantitative estimate of drug-likeness (QED) is 0.293. The molecule has 1 aromatic heterocycles.